The molecule has 84 valence electrons. The molecule has 0 aliphatic carbocycles. The fourth-order valence-corrected chi connectivity index (χ4v) is 1.72. The van der Waals surface area contributed by atoms with Crippen molar-refractivity contribution < 1.29 is 0 Å². The molecule has 17 heavy (non-hydrogen) atoms. The lowest BCUT2D eigenvalue weighted by Gasteiger charge is -2.03. The van der Waals surface area contributed by atoms with E-state index in [0.717, 1.165) is 22.7 Å². The molecule has 0 spiro atoms. The number of rotatable bonds is 2. The van der Waals surface area contributed by atoms with Crippen LogP contribution in [0.2, 0.25) is 0 Å². The lowest BCUT2D eigenvalue weighted by Crippen LogP contribution is -2.01. The van der Waals surface area contributed by atoms with Crippen LogP contribution in [-0.4, -0.2) is 27.0 Å². The number of hydrogen-bond donors (Lipinski definition) is 1. The van der Waals surface area contributed by atoms with Crippen LogP contribution < -0.4 is 5.32 Å². The van der Waals surface area contributed by atoms with E-state index in [1.54, 1.807) is 4.68 Å². The predicted molar refractivity (Wildman–Crippen MR) is 66.2 cm³/mol. The van der Waals surface area contributed by atoms with Gasteiger partial charge in [-0.3, -0.25) is 0 Å². The summed E-state index contributed by atoms with van der Waals surface area (Å²) in [6.07, 6.45) is 0. The van der Waals surface area contributed by atoms with Crippen molar-refractivity contribution in [1.29, 1.82) is 0 Å². The van der Waals surface area contributed by atoms with Crippen molar-refractivity contribution in [2.75, 3.05) is 12.4 Å². The molecular formula is C12H11N5. The summed E-state index contributed by atoms with van der Waals surface area (Å²) in [4.78, 5) is 4.43. The second-order valence-electron chi connectivity index (χ2n) is 3.62. The Morgan fingerprint density at radius 3 is 2.82 bits per heavy atom. The summed E-state index contributed by atoms with van der Waals surface area (Å²) in [6.45, 7) is 0. The van der Waals surface area contributed by atoms with Gasteiger partial charge in [0.25, 0.3) is 0 Å². The van der Waals surface area contributed by atoms with E-state index < -0.39 is 0 Å². The first kappa shape index (κ1) is 9.77. The highest BCUT2D eigenvalue weighted by Gasteiger charge is 2.06. The summed E-state index contributed by atoms with van der Waals surface area (Å²) in [6, 6.07) is 13.6. The number of fused-ring (bicyclic) bond motifs is 1. The highest BCUT2D eigenvalue weighted by molar-refractivity contribution is 5.75. The summed E-state index contributed by atoms with van der Waals surface area (Å²) in [5.74, 6) is 1.56. The fraction of sp³-hybridized carbons (Fsp3) is 0.0833. The third kappa shape index (κ3) is 1.61. The highest BCUT2D eigenvalue weighted by atomic mass is 15.4. The molecule has 2 heterocycles. The van der Waals surface area contributed by atoms with E-state index in [4.69, 9.17) is 0 Å². The van der Waals surface area contributed by atoms with Crippen LogP contribution in [0.1, 0.15) is 0 Å². The zero-order valence-electron chi connectivity index (χ0n) is 9.33. The number of aromatic nitrogens is 4. The minimum atomic E-state index is 0.755. The molecule has 0 amide bonds. The van der Waals surface area contributed by atoms with Gasteiger partial charge in [0.2, 0.25) is 0 Å². The summed E-state index contributed by atoms with van der Waals surface area (Å²) >= 11 is 0. The lowest BCUT2D eigenvalue weighted by atomic mass is 10.3. The predicted octanol–water partition coefficient (Wildman–Crippen LogP) is 1.86. The second kappa shape index (κ2) is 3.86. The van der Waals surface area contributed by atoms with Gasteiger partial charge in [-0.1, -0.05) is 23.4 Å². The van der Waals surface area contributed by atoms with Crippen molar-refractivity contribution in [3.8, 4) is 5.82 Å². The van der Waals surface area contributed by atoms with Crippen LogP contribution in [0.5, 0.6) is 0 Å². The number of anilines is 1. The van der Waals surface area contributed by atoms with Gasteiger partial charge < -0.3 is 5.32 Å². The molecule has 2 aromatic heterocycles. The zero-order valence-corrected chi connectivity index (χ0v) is 9.33. The molecular weight excluding hydrogens is 214 g/mol. The summed E-state index contributed by atoms with van der Waals surface area (Å²) in [7, 11) is 1.84. The number of para-hydroxylation sites is 1. The van der Waals surface area contributed by atoms with Crippen molar-refractivity contribution in [1.82, 2.24) is 20.0 Å². The van der Waals surface area contributed by atoms with E-state index in [2.05, 4.69) is 20.6 Å². The Hall–Kier alpha value is -2.43. The third-order valence-corrected chi connectivity index (χ3v) is 2.56. The van der Waals surface area contributed by atoms with Crippen molar-refractivity contribution in [3.63, 3.8) is 0 Å². The molecule has 3 aromatic rings. The van der Waals surface area contributed by atoms with E-state index in [0.29, 0.717) is 0 Å². The zero-order chi connectivity index (χ0) is 11.7. The van der Waals surface area contributed by atoms with Crippen molar-refractivity contribution >= 4 is 16.9 Å². The Labute approximate surface area is 98.1 Å². The third-order valence-electron chi connectivity index (χ3n) is 2.56. The standard InChI is InChI=1S/C12H11N5/c1-13-11-7-4-8-12(14-11)17-10-6-3-2-5-9(10)15-16-17/h2-8H,1H3,(H,13,14). The summed E-state index contributed by atoms with van der Waals surface area (Å²) in [5, 5.41) is 11.2. The molecule has 3 rings (SSSR count). The van der Waals surface area contributed by atoms with Gasteiger partial charge in [-0.25, -0.2) is 4.98 Å². The molecule has 0 saturated heterocycles. The fourth-order valence-electron chi connectivity index (χ4n) is 1.72. The first-order valence-corrected chi connectivity index (χ1v) is 5.34. The first-order valence-electron chi connectivity index (χ1n) is 5.34. The summed E-state index contributed by atoms with van der Waals surface area (Å²) in [5.41, 5.74) is 1.82. The number of pyridine rings is 1. The van der Waals surface area contributed by atoms with Gasteiger partial charge in [0.15, 0.2) is 5.82 Å². The van der Waals surface area contributed by atoms with Crippen LogP contribution in [0.15, 0.2) is 42.5 Å². The Bertz CT molecular complexity index is 659. The smallest absolute Gasteiger partial charge is 0.158 e. The normalized spacial score (nSPS) is 10.6. The number of benzene rings is 1. The second-order valence-corrected chi connectivity index (χ2v) is 3.62. The SMILES string of the molecule is CNc1cccc(-n2nnc3ccccc32)n1. The molecule has 0 aliphatic rings. The van der Waals surface area contributed by atoms with Gasteiger partial charge in [0, 0.05) is 7.05 Å². The molecule has 0 bridgehead atoms. The van der Waals surface area contributed by atoms with Gasteiger partial charge in [0.1, 0.15) is 11.3 Å². The number of nitrogens with one attached hydrogen (secondary N) is 1. The monoisotopic (exact) mass is 225 g/mol. The van der Waals surface area contributed by atoms with Crippen LogP contribution in [0, 0.1) is 0 Å². The topological polar surface area (TPSA) is 55.6 Å². The van der Waals surface area contributed by atoms with Crippen LogP contribution >= 0.6 is 0 Å². The minimum Gasteiger partial charge on any atom is -0.373 e. The van der Waals surface area contributed by atoms with Crippen molar-refractivity contribution in [2.45, 2.75) is 0 Å². The quantitative estimate of drug-likeness (QED) is 0.723. The molecule has 5 nitrogen and oxygen atoms in total. The molecule has 0 unspecified atom stereocenters. The lowest BCUT2D eigenvalue weighted by molar-refractivity contribution is 0.802. The van der Waals surface area contributed by atoms with E-state index in [-0.39, 0.29) is 0 Å². The Balaban J connectivity index is 2.20. The maximum atomic E-state index is 4.43. The largest absolute Gasteiger partial charge is 0.373 e. The van der Waals surface area contributed by atoms with E-state index in [1.807, 2.05) is 49.5 Å². The van der Waals surface area contributed by atoms with Crippen LogP contribution in [0.4, 0.5) is 5.82 Å². The Morgan fingerprint density at radius 2 is 1.94 bits per heavy atom. The number of hydrogen-bond acceptors (Lipinski definition) is 4. The van der Waals surface area contributed by atoms with Crippen LogP contribution in [-0.2, 0) is 0 Å². The highest BCUT2D eigenvalue weighted by Crippen LogP contribution is 2.15. The molecule has 0 saturated carbocycles. The van der Waals surface area contributed by atoms with Gasteiger partial charge in [-0.15, -0.1) is 5.10 Å². The molecule has 0 fully saturated rings. The molecule has 1 N–H and O–H groups in total. The molecule has 1 aromatic carbocycles. The van der Waals surface area contributed by atoms with Gasteiger partial charge in [0.05, 0.1) is 5.52 Å². The van der Waals surface area contributed by atoms with Gasteiger partial charge >= 0.3 is 0 Å². The maximum Gasteiger partial charge on any atom is 0.158 e. The Morgan fingerprint density at radius 1 is 1.06 bits per heavy atom. The first-order chi connectivity index (χ1) is 8.38. The maximum absolute atomic E-state index is 4.43. The average Bonchev–Trinajstić information content (AvgIpc) is 2.82. The summed E-state index contributed by atoms with van der Waals surface area (Å²) < 4.78 is 1.73. The average molecular weight is 225 g/mol. The van der Waals surface area contributed by atoms with Crippen molar-refractivity contribution in [3.05, 3.63) is 42.5 Å². The van der Waals surface area contributed by atoms with Crippen molar-refractivity contribution in [2.24, 2.45) is 0 Å². The molecule has 0 radical (unpaired) electrons. The van der Waals surface area contributed by atoms with E-state index in [9.17, 15) is 0 Å². The Kier molecular flexibility index (Phi) is 2.22. The van der Waals surface area contributed by atoms with Crippen LogP contribution in [0.3, 0.4) is 0 Å². The van der Waals surface area contributed by atoms with Gasteiger partial charge in [-0.05, 0) is 24.3 Å². The minimum absolute atomic E-state index is 0.755. The molecule has 0 aliphatic heterocycles. The number of nitrogens with zero attached hydrogens (tertiary/aromatic N) is 4. The van der Waals surface area contributed by atoms with E-state index >= 15 is 0 Å². The molecule has 0 atom stereocenters. The van der Waals surface area contributed by atoms with Crippen LogP contribution in [0.25, 0.3) is 16.9 Å². The van der Waals surface area contributed by atoms with E-state index in [1.165, 1.54) is 0 Å². The molecule has 5 heteroatoms. The van der Waals surface area contributed by atoms with Gasteiger partial charge in [-0.2, -0.15) is 4.68 Å².